The van der Waals surface area contributed by atoms with E-state index in [1.807, 2.05) is 0 Å². The minimum Gasteiger partial charge on any atom is -0.507 e. The fourth-order valence-corrected chi connectivity index (χ4v) is 2.17. The van der Waals surface area contributed by atoms with E-state index in [0.717, 1.165) is 0 Å². The summed E-state index contributed by atoms with van der Waals surface area (Å²) in [5.74, 6) is -3.93. The van der Waals surface area contributed by atoms with Gasteiger partial charge in [-0.2, -0.15) is 0 Å². The first-order valence-corrected chi connectivity index (χ1v) is 6.23. The molecule has 21 heavy (non-hydrogen) atoms. The first kappa shape index (κ1) is 9.37. The molecule has 0 radical (unpaired) electrons. The van der Waals surface area contributed by atoms with Crippen molar-refractivity contribution in [2.24, 2.45) is 0 Å². The average molecular weight is 286 g/mol. The number of ether oxygens (including phenoxy) is 2. The maximum atomic E-state index is 12.8. The third-order valence-corrected chi connectivity index (χ3v) is 3.21. The van der Waals surface area contributed by atoms with Crippen LogP contribution in [0.3, 0.4) is 0 Å². The van der Waals surface area contributed by atoms with Crippen molar-refractivity contribution in [2.75, 3.05) is 7.04 Å². The Morgan fingerprint density at radius 1 is 1.19 bits per heavy atom. The maximum absolute atomic E-state index is 12.8. The van der Waals surface area contributed by atoms with Crippen LogP contribution in [-0.2, 0) is 20.1 Å². The summed E-state index contributed by atoms with van der Waals surface area (Å²) < 4.78 is 40.8. The molecule has 0 saturated heterocycles. The monoisotopic (exact) mass is 286 g/mol. The standard InChI is InChI=1S/C17H14O4/c1-20-17(13-9-5-6-10-14(13)18)16(19)11-15(21-17)12-7-3-2-4-8-12/h2-11,18H,1H3/i1D3,11D. The Morgan fingerprint density at radius 3 is 2.62 bits per heavy atom. The molecule has 0 amide bonds. The van der Waals surface area contributed by atoms with E-state index in [4.69, 9.17) is 15.0 Å². The van der Waals surface area contributed by atoms with E-state index in [0.29, 0.717) is 5.56 Å². The Hall–Kier alpha value is -2.59. The first-order valence-electron chi connectivity index (χ1n) is 8.23. The molecule has 0 aliphatic carbocycles. The third-order valence-electron chi connectivity index (χ3n) is 3.21. The number of para-hydroxylation sites is 1. The molecule has 4 nitrogen and oxygen atoms in total. The lowest BCUT2D eigenvalue weighted by atomic mass is 10.0. The molecule has 1 unspecified atom stereocenters. The molecule has 1 heterocycles. The summed E-state index contributed by atoms with van der Waals surface area (Å²) >= 11 is 0. The Labute approximate surface area is 127 Å². The van der Waals surface area contributed by atoms with Crippen molar-refractivity contribution in [1.29, 1.82) is 0 Å². The number of hydrogen-bond donors (Lipinski definition) is 1. The number of hydrogen-bond acceptors (Lipinski definition) is 4. The second kappa shape index (κ2) is 5.07. The van der Waals surface area contributed by atoms with Gasteiger partial charge in [0.2, 0.25) is 5.78 Å². The molecule has 0 bridgehead atoms. The van der Waals surface area contributed by atoms with E-state index in [1.54, 1.807) is 30.3 Å². The number of benzene rings is 2. The van der Waals surface area contributed by atoms with Crippen molar-refractivity contribution in [1.82, 2.24) is 0 Å². The molecule has 106 valence electrons. The van der Waals surface area contributed by atoms with Crippen LogP contribution >= 0.6 is 0 Å². The normalized spacial score (nSPS) is 24.9. The Bertz CT molecular complexity index is 845. The second-order valence-corrected chi connectivity index (χ2v) is 4.49. The fraction of sp³-hybridized carbons (Fsp3) is 0.118. The summed E-state index contributed by atoms with van der Waals surface area (Å²) in [7, 11) is -3.00. The van der Waals surface area contributed by atoms with Crippen LogP contribution in [0.4, 0.5) is 0 Å². The van der Waals surface area contributed by atoms with E-state index < -0.39 is 24.7 Å². The molecule has 3 rings (SSSR count). The van der Waals surface area contributed by atoms with Gasteiger partial charge in [0, 0.05) is 18.7 Å². The zero-order valence-corrected chi connectivity index (χ0v) is 10.9. The highest BCUT2D eigenvalue weighted by Gasteiger charge is 2.49. The minimum atomic E-state index is -3.00. The maximum Gasteiger partial charge on any atom is 0.305 e. The van der Waals surface area contributed by atoms with Gasteiger partial charge in [-0.25, -0.2) is 0 Å². The highest BCUT2D eigenvalue weighted by Crippen LogP contribution is 2.42. The number of phenolic OH excluding ortho intramolecular Hbond substituents is 1. The number of methoxy groups -OCH3 is 1. The zero-order chi connectivity index (χ0) is 18.2. The highest BCUT2D eigenvalue weighted by atomic mass is 16.7. The summed E-state index contributed by atoms with van der Waals surface area (Å²) in [4.78, 5) is 12.8. The van der Waals surface area contributed by atoms with Crippen LogP contribution in [0.2, 0.25) is 0 Å². The van der Waals surface area contributed by atoms with Crippen LogP contribution < -0.4 is 0 Å². The van der Waals surface area contributed by atoms with Gasteiger partial charge in [-0.1, -0.05) is 42.5 Å². The van der Waals surface area contributed by atoms with Crippen LogP contribution in [0.1, 0.15) is 16.6 Å². The molecular formula is C17H14O4. The summed E-state index contributed by atoms with van der Waals surface area (Å²) in [5.41, 5.74) is 0.249. The van der Waals surface area contributed by atoms with Gasteiger partial charge in [-0.3, -0.25) is 4.79 Å². The van der Waals surface area contributed by atoms with Crippen molar-refractivity contribution in [3.05, 3.63) is 71.8 Å². The predicted octanol–water partition coefficient (Wildman–Crippen LogP) is 2.83. The SMILES string of the molecule is [2H]C1=C(c2ccccc2)OC(OC([2H])([2H])[2H])(c2ccccc2O)C1=O. The van der Waals surface area contributed by atoms with E-state index in [2.05, 4.69) is 0 Å². The van der Waals surface area contributed by atoms with Crippen molar-refractivity contribution < 1.29 is 24.9 Å². The van der Waals surface area contributed by atoms with Crippen molar-refractivity contribution in [2.45, 2.75) is 5.79 Å². The van der Waals surface area contributed by atoms with E-state index in [9.17, 15) is 9.90 Å². The van der Waals surface area contributed by atoms with Gasteiger partial charge in [0.15, 0.2) is 0 Å². The molecular weight excluding hydrogens is 268 g/mol. The molecule has 0 spiro atoms. The van der Waals surface area contributed by atoms with Gasteiger partial charge >= 0.3 is 5.79 Å². The third kappa shape index (κ3) is 2.10. The Kier molecular flexibility index (Phi) is 2.26. The fourth-order valence-electron chi connectivity index (χ4n) is 2.17. The summed E-state index contributed by atoms with van der Waals surface area (Å²) in [6.45, 7) is 0. The Balaban J connectivity index is 2.16. The number of phenols is 1. The van der Waals surface area contributed by atoms with Gasteiger partial charge in [-0.15, -0.1) is 0 Å². The molecule has 4 heteroatoms. The van der Waals surface area contributed by atoms with E-state index >= 15 is 0 Å². The molecule has 1 N–H and O–H groups in total. The Morgan fingerprint density at radius 2 is 1.90 bits per heavy atom. The van der Waals surface area contributed by atoms with Crippen molar-refractivity contribution >= 4 is 11.5 Å². The first-order chi connectivity index (χ1) is 11.7. The van der Waals surface area contributed by atoms with Crippen LogP contribution in [0.15, 0.2) is 60.6 Å². The number of aromatic hydroxyl groups is 1. The molecule has 0 fully saturated rings. The topological polar surface area (TPSA) is 55.8 Å². The molecule has 1 atom stereocenters. The molecule has 2 aromatic carbocycles. The summed E-state index contributed by atoms with van der Waals surface area (Å²) in [6.07, 6.45) is 0. The number of carbonyl (C=O) groups is 1. The van der Waals surface area contributed by atoms with Crippen LogP contribution in [0.5, 0.6) is 5.75 Å². The number of carbonyl (C=O) groups excluding carboxylic acids is 1. The van der Waals surface area contributed by atoms with Crippen molar-refractivity contribution in [3.8, 4) is 5.75 Å². The second-order valence-electron chi connectivity index (χ2n) is 4.49. The lowest BCUT2D eigenvalue weighted by Crippen LogP contribution is -2.35. The van der Waals surface area contributed by atoms with Gasteiger partial charge in [-0.05, 0) is 12.1 Å². The van der Waals surface area contributed by atoms with E-state index in [-0.39, 0.29) is 17.1 Å². The smallest absolute Gasteiger partial charge is 0.305 e. The zero-order valence-electron chi connectivity index (χ0n) is 14.9. The molecule has 1 aliphatic rings. The average Bonchev–Trinajstić information content (AvgIpc) is 2.80. The van der Waals surface area contributed by atoms with Gasteiger partial charge < -0.3 is 14.6 Å². The quantitative estimate of drug-likeness (QED) is 0.942. The molecule has 0 saturated carbocycles. The summed E-state index contributed by atoms with van der Waals surface area (Å²) in [5, 5.41) is 10.1. The largest absolute Gasteiger partial charge is 0.507 e. The van der Waals surface area contributed by atoms with Crippen LogP contribution in [0, 0.1) is 0 Å². The lowest BCUT2D eigenvalue weighted by molar-refractivity contribution is -0.186. The molecule has 2 aromatic rings. The van der Waals surface area contributed by atoms with Crippen LogP contribution in [0.25, 0.3) is 5.76 Å². The highest BCUT2D eigenvalue weighted by molar-refractivity contribution is 6.05. The number of rotatable bonds is 3. The van der Waals surface area contributed by atoms with Crippen molar-refractivity contribution in [3.63, 3.8) is 0 Å². The van der Waals surface area contributed by atoms with Gasteiger partial charge in [0.1, 0.15) is 11.5 Å². The predicted molar refractivity (Wildman–Crippen MR) is 77.3 cm³/mol. The van der Waals surface area contributed by atoms with Gasteiger partial charge in [0.25, 0.3) is 0 Å². The van der Waals surface area contributed by atoms with Gasteiger partial charge in [0.05, 0.1) is 11.0 Å². The van der Waals surface area contributed by atoms with E-state index in [1.165, 1.54) is 24.3 Å². The number of ketones is 1. The van der Waals surface area contributed by atoms with Crippen LogP contribution in [-0.4, -0.2) is 17.9 Å². The minimum absolute atomic E-state index is 0.113. The molecule has 1 aliphatic heterocycles. The lowest BCUT2D eigenvalue weighted by Gasteiger charge is -2.27. The summed E-state index contributed by atoms with van der Waals surface area (Å²) in [6, 6.07) is 13.4. The molecule has 0 aromatic heterocycles.